The molecule has 0 amide bonds. The van der Waals surface area contributed by atoms with E-state index in [0.29, 0.717) is 0 Å². The molecule has 0 aromatic heterocycles. The molecule has 13 unspecified atom stereocenters. The summed E-state index contributed by atoms with van der Waals surface area (Å²) in [5, 5.41) is 0. The molecule has 0 bridgehead atoms. The van der Waals surface area contributed by atoms with E-state index >= 15 is 0 Å². The first kappa shape index (κ1) is 20.9. The van der Waals surface area contributed by atoms with E-state index < -0.39 is 0 Å². The average molecular weight is 447 g/mol. The summed E-state index contributed by atoms with van der Waals surface area (Å²) in [4.78, 5) is 0. The number of hydrogen-bond donors (Lipinski definition) is 0. The number of allylic oxidation sites excluding steroid dienone is 2. The Kier molecular flexibility index (Phi) is 4.98. The van der Waals surface area contributed by atoms with Gasteiger partial charge >= 0.3 is 0 Å². The second-order valence-corrected chi connectivity index (χ2v) is 15.0. The predicted molar refractivity (Wildman–Crippen MR) is 136 cm³/mol. The van der Waals surface area contributed by atoms with Gasteiger partial charge in [-0.2, -0.15) is 0 Å². The summed E-state index contributed by atoms with van der Waals surface area (Å²) >= 11 is 0. The summed E-state index contributed by atoms with van der Waals surface area (Å²) < 4.78 is 0. The number of hydrogen-bond acceptors (Lipinski definition) is 0. The highest BCUT2D eigenvalue weighted by Crippen LogP contribution is 2.66. The van der Waals surface area contributed by atoms with E-state index in [1.165, 1.54) is 19.3 Å². The first-order chi connectivity index (χ1) is 16.3. The second kappa shape index (κ2) is 7.87. The van der Waals surface area contributed by atoms with Crippen LogP contribution < -0.4 is 0 Å². The third kappa shape index (κ3) is 3.00. The summed E-state index contributed by atoms with van der Waals surface area (Å²) in [6.07, 6.45) is 28.2. The highest BCUT2D eigenvalue weighted by Gasteiger charge is 2.58. The van der Waals surface area contributed by atoms with Gasteiger partial charge in [-0.1, -0.05) is 25.0 Å². The molecule has 0 aliphatic heterocycles. The lowest BCUT2D eigenvalue weighted by Gasteiger charge is -2.63. The molecule has 8 aliphatic rings. The van der Waals surface area contributed by atoms with Gasteiger partial charge in [-0.3, -0.25) is 0 Å². The minimum atomic E-state index is 1.04. The zero-order valence-corrected chi connectivity index (χ0v) is 21.5. The smallest absolute Gasteiger partial charge is 0.0141 e. The highest BCUT2D eigenvalue weighted by molar-refractivity contribution is 5.21. The van der Waals surface area contributed by atoms with Crippen molar-refractivity contribution in [1.29, 1.82) is 0 Å². The quantitative estimate of drug-likeness (QED) is 0.353. The van der Waals surface area contributed by atoms with Gasteiger partial charge in [0.1, 0.15) is 0 Å². The third-order valence-electron chi connectivity index (χ3n) is 14.4. The fourth-order valence-electron chi connectivity index (χ4n) is 13.4. The van der Waals surface area contributed by atoms with Gasteiger partial charge in [-0.05, 0) is 179 Å². The van der Waals surface area contributed by atoms with Crippen molar-refractivity contribution in [3.63, 3.8) is 0 Å². The topological polar surface area (TPSA) is 0 Å². The molecule has 0 radical (unpaired) electrons. The van der Waals surface area contributed by atoms with E-state index in [0.717, 1.165) is 82.9 Å². The van der Waals surface area contributed by atoms with Crippen LogP contribution in [-0.2, 0) is 0 Å². The molecule has 0 aromatic carbocycles. The maximum absolute atomic E-state index is 2.85. The molecule has 0 aromatic rings. The van der Waals surface area contributed by atoms with Crippen molar-refractivity contribution in [2.24, 2.45) is 82.9 Å². The molecule has 0 nitrogen and oxygen atoms in total. The summed E-state index contributed by atoms with van der Waals surface area (Å²) in [6, 6.07) is 0. The van der Waals surface area contributed by atoms with Crippen molar-refractivity contribution in [2.45, 2.75) is 110 Å². The van der Waals surface area contributed by atoms with Gasteiger partial charge in [0.05, 0.1) is 0 Å². The number of rotatable bonds is 1. The molecular weight excluding hydrogens is 396 g/mol. The molecule has 0 heterocycles. The lowest BCUT2D eigenvalue weighted by molar-refractivity contribution is -0.136. The Morgan fingerprint density at radius 1 is 0.515 bits per heavy atom. The Morgan fingerprint density at radius 3 is 1.91 bits per heavy atom. The lowest BCUT2D eigenvalue weighted by Crippen LogP contribution is -2.56. The molecular formula is C33H50. The monoisotopic (exact) mass is 446 g/mol. The third-order valence-corrected chi connectivity index (χ3v) is 14.4. The van der Waals surface area contributed by atoms with Crippen molar-refractivity contribution in [2.75, 3.05) is 0 Å². The Morgan fingerprint density at radius 2 is 1.09 bits per heavy atom. The van der Waals surface area contributed by atoms with Crippen LogP contribution in [0.4, 0.5) is 0 Å². The predicted octanol–water partition coefficient (Wildman–Crippen LogP) is 8.91. The normalized spacial score (nSPS) is 59.1. The summed E-state index contributed by atoms with van der Waals surface area (Å²) in [6.45, 7) is 2.64. The maximum Gasteiger partial charge on any atom is -0.0141 e. The molecule has 0 saturated heterocycles. The largest absolute Gasteiger partial charge is 0.0847 e. The van der Waals surface area contributed by atoms with Crippen LogP contribution >= 0.6 is 0 Å². The zero-order chi connectivity index (χ0) is 21.7. The van der Waals surface area contributed by atoms with Crippen LogP contribution in [-0.4, -0.2) is 0 Å². The molecule has 0 N–H and O–H groups in total. The molecule has 14 atom stereocenters. The van der Waals surface area contributed by atoms with Gasteiger partial charge in [0, 0.05) is 0 Å². The summed E-state index contributed by atoms with van der Waals surface area (Å²) in [7, 11) is 0. The molecule has 33 heavy (non-hydrogen) atoms. The highest BCUT2D eigenvalue weighted by atomic mass is 14.6. The minimum Gasteiger partial charge on any atom is -0.0847 e. The summed E-state index contributed by atoms with van der Waals surface area (Å²) in [5.41, 5.74) is 1.97. The van der Waals surface area contributed by atoms with Gasteiger partial charge in [0.15, 0.2) is 0 Å². The Bertz CT molecular complexity index is 792. The van der Waals surface area contributed by atoms with E-state index in [9.17, 15) is 0 Å². The van der Waals surface area contributed by atoms with Crippen molar-refractivity contribution in [3.05, 3.63) is 11.6 Å². The van der Waals surface area contributed by atoms with Crippen LogP contribution in [0.15, 0.2) is 11.6 Å². The van der Waals surface area contributed by atoms with Crippen molar-refractivity contribution in [3.8, 4) is 0 Å². The first-order valence-corrected chi connectivity index (χ1v) is 16.0. The van der Waals surface area contributed by atoms with Gasteiger partial charge in [-0.15, -0.1) is 0 Å². The molecule has 8 aliphatic carbocycles. The molecule has 7 fully saturated rings. The lowest BCUT2D eigenvalue weighted by atomic mass is 9.42. The Hall–Kier alpha value is -0.260. The van der Waals surface area contributed by atoms with Gasteiger partial charge in [0.25, 0.3) is 0 Å². The molecule has 0 spiro atoms. The SMILES string of the molecule is CC1CCC2CCC3C(C4CC[C@H]5CCC6CCCC7=CCC4C5C76)CCC4CCC1C2C43. The molecule has 7 saturated carbocycles. The standard InChI is InChI=1S/C33H50/c1-19-5-6-22-13-18-29-27(16-11-24-9-14-25(19)31(22)33(24)29)26-15-10-23-8-7-20-3-2-4-21-12-17-28(26)32(23)30(20)21/h12,19-20,22-33H,2-11,13-18H2,1H3/t19?,20?,22?,23-,24?,25?,26?,27?,28?,29?,30?,31?,32?,33?/m1/s1. The summed E-state index contributed by atoms with van der Waals surface area (Å²) in [5.74, 6) is 15.5. The minimum absolute atomic E-state index is 1.04. The second-order valence-electron chi connectivity index (χ2n) is 15.0. The van der Waals surface area contributed by atoms with Gasteiger partial charge in [-0.25, -0.2) is 0 Å². The fraction of sp³-hybridized carbons (Fsp3) is 0.939. The van der Waals surface area contributed by atoms with Crippen LogP contribution in [0.3, 0.4) is 0 Å². The van der Waals surface area contributed by atoms with E-state index in [4.69, 9.17) is 0 Å². The molecule has 182 valence electrons. The van der Waals surface area contributed by atoms with Crippen LogP contribution in [0.5, 0.6) is 0 Å². The van der Waals surface area contributed by atoms with Crippen LogP contribution in [0.2, 0.25) is 0 Å². The first-order valence-electron chi connectivity index (χ1n) is 16.0. The van der Waals surface area contributed by atoms with Crippen molar-refractivity contribution < 1.29 is 0 Å². The van der Waals surface area contributed by atoms with Crippen molar-refractivity contribution in [1.82, 2.24) is 0 Å². The fourth-order valence-corrected chi connectivity index (χ4v) is 13.4. The van der Waals surface area contributed by atoms with E-state index in [2.05, 4.69) is 13.0 Å². The van der Waals surface area contributed by atoms with Crippen LogP contribution in [0.25, 0.3) is 0 Å². The van der Waals surface area contributed by atoms with Crippen molar-refractivity contribution >= 4 is 0 Å². The van der Waals surface area contributed by atoms with E-state index in [1.54, 1.807) is 83.5 Å². The maximum atomic E-state index is 2.85. The molecule has 8 rings (SSSR count). The zero-order valence-electron chi connectivity index (χ0n) is 21.5. The van der Waals surface area contributed by atoms with Gasteiger partial charge < -0.3 is 0 Å². The van der Waals surface area contributed by atoms with E-state index in [1.807, 2.05) is 5.57 Å². The Balaban J connectivity index is 1.11. The van der Waals surface area contributed by atoms with Crippen LogP contribution in [0, 0.1) is 82.9 Å². The van der Waals surface area contributed by atoms with Crippen LogP contribution in [0.1, 0.15) is 110 Å². The van der Waals surface area contributed by atoms with Gasteiger partial charge in [0.2, 0.25) is 0 Å². The Labute approximate surface area is 204 Å². The average Bonchev–Trinajstić information content (AvgIpc) is 2.87. The molecule has 0 heteroatoms. The van der Waals surface area contributed by atoms with E-state index in [-0.39, 0.29) is 0 Å².